The first-order chi connectivity index (χ1) is 11.2. The molecule has 120 valence electrons. The Balaban J connectivity index is 1.72. The fraction of sp³-hybridized carbons (Fsp3) is 0.316. The highest BCUT2D eigenvalue weighted by molar-refractivity contribution is 5.97. The maximum absolute atomic E-state index is 12.9. The summed E-state index contributed by atoms with van der Waals surface area (Å²) < 4.78 is 18.7. The number of carbonyl (C=O) groups is 1. The molecule has 1 aliphatic rings. The molecule has 2 aromatic rings. The van der Waals surface area contributed by atoms with Gasteiger partial charge >= 0.3 is 0 Å². The third kappa shape index (κ3) is 3.89. The molecule has 3 nitrogen and oxygen atoms in total. The number of ether oxygens (including phenoxy) is 1. The minimum Gasteiger partial charge on any atom is -0.488 e. The Morgan fingerprint density at radius 2 is 1.70 bits per heavy atom. The number of carbonyl (C=O) groups excluding carboxylic acids is 1. The lowest BCUT2D eigenvalue weighted by Crippen LogP contribution is -2.35. The number of piperidine rings is 1. The zero-order chi connectivity index (χ0) is 16.1. The van der Waals surface area contributed by atoms with E-state index in [2.05, 4.69) is 0 Å². The van der Waals surface area contributed by atoms with Crippen molar-refractivity contribution in [3.05, 3.63) is 65.5 Å². The second-order valence-electron chi connectivity index (χ2n) is 5.76. The van der Waals surface area contributed by atoms with Gasteiger partial charge in [-0.15, -0.1) is 0 Å². The highest BCUT2D eigenvalue weighted by Crippen LogP contribution is 2.23. The van der Waals surface area contributed by atoms with Gasteiger partial charge in [0.25, 0.3) is 5.91 Å². The Morgan fingerprint density at radius 1 is 1.00 bits per heavy atom. The largest absolute Gasteiger partial charge is 0.488 e. The van der Waals surface area contributed by atoms with E-state index in [1.54, 1.807) is 24.3 Å². The number of hydrogen-bond donors (Lipinski definition) is 0. The Kier molecular flexibility index (Phi) is 4.91. The lowest BCUT2D eigenvalue weighted by molar-refractivity contribution is 0.0719. The first-order valence-electron chi connectivity index (χ1n) is 7.99. The summed E-state index contributed by atoms with van der Waals surface area (Å²) in [7, 11) is 0. The van der Waals surface area contributed by atoms with Crippen LogP contribution >= 0.6 is 0 Å². The van der Waals surface area contributed by atoms with Gasteiger partial charge in [-0.1, -0.05) is 24.3 Å². The van der Waals surface area contributed by atoms with Crippen molar-refractivity contribution in [2.75, 3.05) is 13.1 Å². The molecular formula is C19H20FNO2. The molecule has 0 atom stereocenters. The maximum atomic E-state index is 12.9. The highest BCUT2D eigenvalue weighted by atomic mass is 19.1. The zero-order valence-corrected chi connectivity index (χ0v) is 13.0. The third-order valence-corrected chi connectivity index (χ3v) is 4.07. The van der Waals surface area contributed by atoms with Gasteiger partial charge in [0.2, 0.25) is 0 Å². The van der Waals surface area contributed by atoms with Crippen LogP contribution in [0.25, 0.3) is 0 Å². The van der Waals surface area contributed by atoms with Crippen LogP contribution < -0.4 is 4.74 Å². The minimum absolute atomic E-state index is 0.0272. The fourth-order valence-electron chi connectivity index (χ4n) is 2.78. The van der Waals surface area contributed by atoms with Crippen LogP contribution in [0, 0.1) is 5.82 Å². The SMILES string of the molecule is O=C(c1ccccc1OCc1ccc(F)cc1)N1CCCCC1. The third-order valence-electron chi connectivity index (χ3n) is 4.07. The number of benzene rings is 2. The number of halogens is 1. The monoisotopic (exact) mass is 313 g/mol. The van der Waals surface area contributed by atoms with Crippen molar-refractivity contribution in [2.24, 2.45) is 0 Å². The summed E-state index contributed by atoms with van der Waals surface area (Å²) in [5, 5.41) is 0. The van der Waals surface area contributed by atoms with Crippen molar-refractivity contribution in [3.8, 4) is 5.75 Å². The second kappa shape index (κ2) is 7.27. The van der Waals surface area contributed by atoms with E-state index in [-0.39, 0.29) is 11.7 Å². The Morgan fingerprint density at radius 3 is 2.43 bits per heavy atom. The first kappa shape index (κ1) is 15.5. The van der Waals surface area contributed by atoms with E-state index in [0.717, 1.165) is 31.5 Å². The van der Waals surface area contributed by atoms with Gasteiger partial charge in [-0.25, -0.2) is 4.39 Å². The minimum atomic E-state index is -0.269. The molecule has 0 radical (unpaired) electrons. The van der Waals surface area contributed by atoms with Gasteiger partial charge in [-0.3, -0.25) is 4.79 Å². The fourth-order valence-corrected chi connectivity index (χ4v) is 2.78. The zero-order valence-electron chi connectivity index (χ0n) is 13.0. The molecule has 3 rings (SSSR count). The number of hydrogen-bond acceptors (Lipinski definition) is 2. The topological polar surface area (TPSA) is 29.5 Å². The van der Waals surface area contributed by atoms with Crippen molar-refractivity contribution in [1.82, 2.24) is 4.90 Å². The molecule has 2 aromatic carbocycles. The molecule has 0 N–H and O–H groups in total. The molecular weight excluding hydrogens is 293 g/mol. The number of rotatable bonds is 4. The van der Waals surface area contributed by atoms with Crippen LogP contribution in [0.2, 0.25) is 0 Å². The molecule has 1 amide bonds. The number of para-hydroxylation sites is 1. The van der Waals surface area contributed by atoms with Crippen LogP contribution in [-0.4, -0.2) is 23.9 Å². The van der Waals surface area contributed by atoms with Gasteiger partial charge in [0, 0.05) is 13.1 Å². The van der Waals surface area contributed by atoms with Gasteiger partial charge in [-0.05, 0) is 49.1 Å². The molecule has 0 unspecified atom stereocenters. The molecule has 0 saturated carbocycles. The molecule has 0 aliphatic carbocycles. The van der Waals surface area contributed by atoms with Crippen molar-refractivity contribution >= 4 is 5.91 Å². The molecule has 0 spiro atoms. The van der Waals surface area contributed by atoms with Gasteiger partial charge in [0.1, 0.15) is 18.2 Å². The Labute approximate surface area is 135 Å². The van der Waals surface area contributed by atoms with Crippen LogP contribution in [0.3, 0.4) is 0 Å². The van der Waals surface area contributed by atoms with Crippen molar-refractivity contribution in [2.45, 2.75) is 25.9 Å². The van der Waals surface area contributed by atoms with E-state index >= 15 is 0 Å². The quantitative estimate of drug-likeness (QED) is 0.853. The smallest absolute Gasteiger partial charge is 0.257 e. The van der Waals surface area contributed by atoms with Gasteiger partial charge in [-0.2, -0.15) is 0 Å². The lowest BCUT2D eigenvalue weighted by atomic mass is 10.1. The predicted octanol–water partition coefficient (Wildman–Crippen LogP) is 4.03. The summed E-state index contributed by atoms with van der Waals surface area (Å²) in [6.45, 7) is 1.93. The molecule has 23 heavy (non-hydrogen) atoms. The number of likely N-dealkylation sites (tertiary alicyclic amines) is 1. The average molecular weight is 313 g/mol. The Bertz CT molecular complexity index is 663. The summed E-state index contributed by atoms with van der Waals surface area (Å²) in [4.78, 5) is 14.6. The van der Waals surface area contributed by atoms with Crippen LogP contribution in [-0.2, 0) is 6.61 Å². The van der Waals surface area contributed by atoms with Crippen molar-refractivity contribution in [3.63, 3.8) is 0 Å². The molecule has 0 aromatic heterocycles. The standard InChI is InChI=1S/C19H20FNO2/c20-16-10-8-15(9-11-16)14-23-18-7-3-2-6-17(18)19(22)21-12-4-1-5-13-21/h2-3,6-11H,1,4-5,12-14H2. The molecule has 1 saturated heterocycles. The number of amides is 1. The molecule has 4 heteroatoms. The van der Waals surface area contributed by atoms with Gasteiger partial charge in [0.05, 0.1) is 5.56 Å². The average Bonchev–Trinajstić information content (AvgIpc) is 2.62. The van der Waals surface area contributed by atoms with E-state index in [1.807, 2.05) is 17.0 Å². The highest BCUT2D eigenvalue weighted by Gasteiger charge is 2.21. The van der Waals surface area contributed by atoms with Gasteiger partial charge < -0.3 is 9.64 Å². The Hall–Kier alpha value is -2.36. The van der Waals surface area contributed by atoms with E-state index in [4.69, 9.17) is 4.74 Å². The summed E-state index contributed by atoms with van der Waals surface area (Å²) in [5.41, 5.74) is 1.46. The second-order valence-corrected chi connectivity index (χ2v) is 5.76. The molecule has 1 heterocycles. The first-order valence-corrected chi connectivity index (χ1v) is 7.99. The summed E-state index contributed by atoms with van der Waals surface area (Å²) in [6, 6.07) is 13.5. The lowest BCUT2D eigenvalue weighted by Gasteiger charge is -2.27. The summed E-state index contributed by atoms with van der Waals surface area (Å²) in [6.07, 6.45) is 3.31. The van der Waals surface area contributed by atoms with E-state index in [1.165, 1.54) is 18.6 Å². The number of nitrogens with zero attached hydrogens (tertiary/aromatic N) is 1. The van der Waals surface area contributed by atoms with Crippen LogP contribution in [0.15, 0.2) is 48.5 Å². The van der Waals surface area contributed by atoms with E-state index in [9.17, 15) is 9.18 Å². The molecule has 1 aliphatic heterocycles. The van der Waals surface area contributed by atoms with Crippen molar-refractivity contribution < 1.29 is 13.9 Å². The van der Waals surface area contributed by atoms with Crippen LogP contribution in [0.5, 0.6) is 5.75 Å². The molecule has 0 bridgehead atoms. The van der Waals surface area contributed by atoms with Crippen LogP contribution in [0.4, 0.5) is 4.39 Å². The summed E-state index contributed by atoms with van der Waals surface area (Å²) >= 11 is 0. The predicted molar refractivity (Wildman–Crippen MR) is 86.9 cm³/mol. The van der Waals surface area contributed by atoms with Crippen molar-refractivity contribution in [1.29, 1.82) is 0 Å². The maximum Gasteiger partial charge on any atom is 0.257 e. The van der Waals surface area contributed by atoms with E-state index in [0.29, 0.717) is 17.9 Å². The normalized spacial score (nSPS) is 14.6. The van der Waals surface area contributed by atoms with Crippen LogP contribution in [0.1, 0.15) is 35.2 Å². The molecule has 1 fully saturated rings. The van der Waals surface area contributed by atoms with E-state index < -0.39 is 0 Å². The summed E-state index contributed by atoms with van der Waals surface area (Å²) in [5.74, 6) is 0.334. The van der Waals surface area contributed by atoms with Gasteiger partial charge in [0.15, 0.2) is 0 Å².